The first-order valence-corrected chi connectivity index (χ1v) is 10.6. The minimum absolute atomic E-state index is 0.0262. The quantitative estimate of drug-likeness (QED) is 0.400. The number of para-hydroxylation sites is 3. The molecular weight excluding hydrogens is 452 g/mol. The minimum Gasteiger partial charge on any atom is -0.493 e. The number of carbonyl (C=O) groups excluding carboxylic acids is 1. The maximum Gasteiger partial charge on any atom is 0.415 e. The molecule has 4 aromatic rings. The SMILES string of the molecule is COc1ccccc1Oc1nn2[nH]c(NS(=O)Oc3ccccc3)nc2c1OC(=O)N(C)C. The van der Waals surface area contributed by atoms with Crippen LogP contribution in [0, 0.1) is 0 Å². The van der Waals surface area contributed by atoms with Gasteiger partial charge in [-0.2, -0.15) is 9.19 Å². The van der Waals surface area contributed by atoms with Gasteiger partial charge in [-0.25, -0.2) is 14.6 Å². The van der Waals surface area contributed by atoms with Crippen molar-refractivity contribution in [1.29, 1.82) is 0 Å². The number of aromatic amines is 1. The van der Waals surface area contributed by atoms with E-state index in [4.69, 9.17) is 18.4 Å². The molecule has 12 nitrogen and oxygen atoms in total. The Balaban J connectivity index is 1.62. The van der Waals surface area contributed by atoms with Crippen molar-refractivity contribution in [3.8, 4) is 28.9 Å². The van der Waals surface area contributed by atoms with Gasteiger partial charge in [0.25, 0.3) is 5.88 Å². The molecule has 172 valence electrons. The van der Waals surface area contributed by atoms with Crippen LogP contribution in [0.15, 0.2) is 54.6 Å². The van der Waals surface area contributed by atoms with Crippen LogP contribution in [-0.4, -0.2) is 56.2 Å². The predicted octanol–water partition coefficient (Wildman–Crippen LogP) is 2.99. The molecule has 1 unspecified atom stereocenters. The lowest BCUT2D eigenvalue weighted by atomic mass is 10.3. The predicted molar refractivity (Wildman–Crippen MR) is 119 cm³/mol. The number of aromatic nitrogens is 4. The molecule has 2 heterocycles. The van der Waals surface area contributed by atoms with E-state index in [9.17, 15) is 9.00 Å². The van der Waals surface area contributed by atoms with E-state index in [1.54, 1.807) is 48.5 Å². The minimum atomic E-state index is -1.95. The van der Waals surface area contributed by atoms with Gasteiger partial charge < -0.3 is 23.3 Å². The van der Waals surface area contributed by atoms with Crippen molar-refractivity contribution in [2.75, 3.05) is 25.9 Å². The highest BCUT2D eigenvalue weighted by Gasteiger charge is 2.25. The molecule has 1 atom stereocenters. The number of anilines is 1. The second-order valence-corrected chi connectivity index (χ2v) is 7.53. The second-order valence-electron chi connectivity index (χ2n) is 6.69. The number of rotatable bonds is 8. The third-order valence-electron chi connectivity index (χ3n) is 4.14. The van der Waals surface area contributed by atoms with E-state index < -0.39 is 17.4 Å². The van der Waals surface area contributed by atoms with Crippen molar-refractivity contribution in [3.63, 3.8) is 0 Å². The van der Waals surface area contributed by atoms with Gasteiger partial charge in [-0.05, 0) is 24.3 Å². The smallest absolute Gasteiger partial charge is 0.415 e. The molecule has 0 saturated carbocycles. The first kappa shape index (κ1) is 22.0. The second kappa shape index (κ2) is 9.48. The largest absolute Gasteiger partial charge is 0.493 e. The van der Waals surface area contributed by atoms with Gasteiger partial charge in [0.2, 0.25) is 17.3 Å². The zero-order valence-corrected chi connectivity index (χ0v) is 18.7. The number of benzene rings is 2. The van der Waals surface area contributed by atoms with E-state index in [1.807, 2.05) is 6.07 Å². The summed E-state index contributed by atoms with van der Waals surface area (Å²) in [6.07, 6.45) is -0.664. The molecule has 13 heteroatoms. The Morgan fingerprint density at radius 2 is 1.79 bits per heavy atom. The number of ether oxygens (including phenoxy) is 3. The standard InChI is InChI=1S/C20H20N6O6S/c1-25(2)20(27)31-16-17-21-19(24-33(28)32-13-9-5-4-6-10-13)23-26(17)22-18(16)30-15-12-8-7-11-14(15)29-3/h4-12H,1-3H3,(H2,21,23,24). The molecule has 0 bridgehead atoms. The van der Waals surface area contributed by atoms with Crippen molar-refractivity contribution >= 4 is 29.0 Å². The summed E-state index contributed by atoms with van der Waals surface area (Å²) in [7, 11) is 4.57. The monoisotopic (exact) mass is 472 g/mol. The van der Waals surface area contributed by atoms with Crippen LogP contribution in [-0.2, 0) is 11.3 Å². The zero-order valence-electron chi connectivity index (χ0n) is 17.8. The molecule has 0 spiro atoms. The molecule has 0 aliphatic carbocycles. The number of H-pyrrole nitrogens is 1. The van der Waals surface area contributed by atoms with E-state index in [1.165, 1.54) is 30.7 Å². The summed E-state index contributed by atoms with van der Waals surface area (Å²) in [6, 6.07) is 15.6. The van der Waals surface area contributed by atoms with Crippen LogP contribution < -0.4 is 23.1 Å². The van der Waals surface area contributed by atoms with Gasteiger partial charge in [-0.15, -0.1) is 9.73 Å². The number of methoxy groups -OCH3 is 1. The number of amides is 1. The molecule has 0 radical (unpaired) electrons. The van der Waals surface area contributed by atoms with Crippen LogP contribution >= 0.6 is 0 Å². The highest BCUT2D eigenvalue weighted by atomic mass is 32.2. The fourth-order valence-corrected chi connectivity index (χ4v) is 3.21. The van der Waals surface area contributed by atoms with Crippen molar-refractivity contribution in [2.24, 2.45) is 0 Å². The molecule has 1 amide bonds. The molecular formula is C20H20N6O6S. The van der Waals surface area contributed by atoms with E-state index in [-0.39, 0.29) is 23.2 Å². The third kappa shape index (κ3) is 4.98. The summed E-state index contributed by atoms with van der Waals surface area (Å²) >= 11 is -1.95. The van der Waals surface area contributed by atoms with Gasteiger partial charge in [-0.3, -0.25) is 0 Å². The van der Waals surface area contributed by atoms with Crippen molar-refractivity contribution < 1.29 is 27.4 Å². The summed E-state index contributed by atoms with van der Waals surface area (Å²) in [4.78, 5) is 17.7. The third-order valence-corrected chi connectivity index (χ3v) is 4.85. The van der Waals surface area contributed by atoms with Crippen LogP contribution in [0.4, 0.5) is 10.7 Å². The van der Waals surface area contributed by atoms with Gasteiger partial charge in [0.15, 0.2) is 11.5 Å². The fourth-order valence-electron chi connectivity index (χ4n) is 2.63. The fraction of sp³-hybridized carbons (Fsp3) is 0.150. The number of hydrogen-bond acceptors (Lipinski definition) is 8. The van der Waals surface area contributed by atoms with Gasteiger partial charge in [0, 0.05) is 14.1 Å². The van der Waals surface area contributed by atoms with E-state index >= 15 is 0 Å². The summed E-state index contributed by atoms with van der Waals surface area (Å²) in [6.45, 7) is 0. The lowest BCUT2D eigenvalue weighted by Crippen LogP contribution is -2.25. The van der Waals surface area contributed by atoms with Crippen molar-refractivity contribution in [3.05, 3.63) is 54.6 Å². The summed E-state index contributed by atoms with van der Waals surface area (Å²) in [5, 5.41) is 7.04. The zero-order chi connectivity index (χ0) is 23.4. The molecule has 2 aromatic heterocycles. The normalized spacial score (nSPS) is 11.6. The number of hydrogen-bond donors (Lipinski definition) is 2. The van der Waals surface area contributed by atoms with Gasteiger partial charge in [0.05, 0.1) is 7.11 Å². The molecule has 0 saturated heterocycles. The van der Waals surface area contributed by atoms with Crippen LogP contribution in [0.25, 0.3) is 5.65 Å². The Morgan fingerprint density at radius 1 is 1.09 bits per heavy atom. The first-order chi connectivity index (χ1) is 15.9. The van der Waals surface area contributed by atoms with Gasteiger partial charge in [0.1, 0.15) is 5.75 Å². The molecule has 2 aromatic carbocycles. The number of carbonyl (C=O) groups is 1. The molecule has 0 fully saturated rings. The Kier molecular flexibility index (Phi) is 6.31. The number of nitrogens with zero attached hydrogens (tertiary/aromatic N) is 4. The molecule has 0 aliphatic rings. The van der Waals surface area contributed by atoms with Crippen molar-refractivity contribution in [2.45, 2.75) is 0 Å². The number of fused-ring (bicyclic) bond motifs is 1. The lowest BCUT2D eigenvalue weighted by Gasteiger charge is -2.11. The maximum absolute atomic E-state index is 12.3. The Morgan fingerprint density at radius 3 is 2.48 bits per heavy atom. The molecule has 2 N–H and O–H groups in total. The first-order valence-electron chi connectivity index (χ1n) is 9.55. The molecule has 33 heavy (non-hydrogen) atoms. The highest BCUT2D eigenvalue weighted by Crippen LogP contribution is 2.38. The average molecular weight is 472 g/mol. The maximum atomic E-state index is 12.3. The number of nitrogens with one attached hydrogen (secondary N) is 2. The Labute approximate surface area is 190 Å². The lowest BCUT2D eigenvalue weighted by molar-refractivity contribution is 0.171. The topological polar surface area (TPSA) is 132 Å². The average Bonchev–Trinajstić information content (AvgIpc) is 3.32. The summed E-state index contributed by atoms with van der Waals surface area (Å²) < 4.78 is 37.9. The van der Waals surface area contributed by atoms with E-state index in [0.29, 0.717) is 17.2 Å². The molecule has 0 aliphatic heterocycles. The van der Waals surface area contributed by atoms with Crippen LogP contribution in [0.3, 0.4) is 0 Å². The Bertz CT molecular complexity index is 1290. The summed E-state index contributed by atoms with van der Waals surface area (Å²) in [5.74, 6) is 1.23. The molecule has 4 rings (SSSR count). The summed E-state index contributed by atoms with van der Waals surface area (Å²) in [5.41, 5.74) is 0.120. The highest BCUT2D eigenvalue weighted by molar-refractivity contribution is 7.81. The van der Waals surface area contributed by atoms with Crippen LogP contribution in [0.2, 0.25) is 0 Å². The van der Waals surface area contributed by atoms with Crippen LogP contribution in [0.5, 0.6) is 28.9 Å². The van der Waals surface area contributed by atoms with Crippen molar-refractivity contribution in [1.82, 2.24) is 24.7 Å². The van der Waals surface area contributed by atoms with Crippen LogP contribution in [0.1, 0.15) is 0 Å². The van der Waals surface area contributed by atoms with Gasteiger partial charge >= 0.3 is 17.4 Å². The Hall–Kier alpha value is -4.26. The van der Waals surface area contributed by atoms with E-state index in [2.05, 4.69) is 19.9 Å². The van der Waals surface area contributed by atoms with E-state index in [0.717, 1.165) is 0 Å². The van der Waals surface area contributed by atoms with Gasteiger partial charge in [-0.1, -0.05) is 30.3 Å².